The molecule has 3 aromatic carbocycles. The maximum absolute atomic E-state index is 12.4. The summed E-state index contributed by atoms with van der Waals surface area (Å²) in [4.78, 5) is 21.1. The van der Waals surface area contributed by atoms with Gasteiger partial charge in [-0.1, -0.05) is 66.7 Å². The number of methoxy groups -OCH3 is 2. The van der Waals surface area contributed by atoms with Crippen molar-refractivity contribution in [3.63, 3.8) is 0 Å². The molecular formula is C27H25N3O3. The summed E-state index contributed by atoms with van der Waals surface area (Å²) < 4.78 is 10.2. The van der Waals surface area contributed by atoms with E-state index in [4.69, 9.17) is 9.47 Å². The number of carbonyl (C=O) groups is 1. The fraction of sp³-hybridized carbons (Fsp3) is 0.148. The van der Waals surface area contributed by atoms with Gasteiger partial charge in [-0.15, -0.1) is 0 Å². The first-order valence-electron chi connectivity index (χ1n) is 10.6. The molecule has 0 aliphatic rings. The third kappa shape index (κ3) is 5.54. The van der Waals surface area contributed by atoms with Gasteiger partial charge in [-0.3, -0.25) is 0 Å². The van der Waals surface area contributed by atoms with Gasteiger partial charge in [-0.2, -0.15) is 0 Å². The van der Waals surface area contributed by atoms with Gasteiger partial charge in [0.2, 0.25) is 0 Å². The van der Waals surface area contributed by atoms with Gasteiger partial charge in [-0.05, 0) is 28.8 Å². The molecule has 0 aliphatic heterocycles. The van der Waals surface area contributed by atoms with Gasteiger partial charge in [0.05, 0.1) is 19.9 Å². The number of carbonyl (C=O) groups excluding carboxylic acids is 1. The second-order valence-electron chi connectivity index (χ2n) is 7.50. The number of nitrogens with one attached hydrogen (secondary N) is 1. The van der Waals surface area contributed by atoms with Crippen molar-refractivity contribution in [1.29, 1.82) is 0 Å². The first-order chi connectivity index (χ1) is 16.2. The zero-order chi connectivity index (χ0) is 23.0. The van der Waals surface area contributed by atoms with E-state index in [2.05, 4.69) is 27.4 Å². The maximum atomic E-state index is 12.4. The predicted octanol–water partition coefficient (Wildman–Crippen LogP) is 5.02. The van der Waals surface area contributed by atoms with E-state index < -0.39 is 6.04 Å². The average molecular weight is 440 g/mol. The van der Waals surface area contributed by atoms with Crippen LogP contribution in [0.1, 0.15) is 5.56 Å². The topological polar surface area (TPSA) is 73.3 Å². The smallest absolute Gasteiger partial charge is 0.328 e. The summed E-state index contributed by atoms with van der Waals surface area (Å²) >= 11 is 0. The van der Waals surface area contributed by atoms with Crippen LogP contribution in [0.15, 0.2) is 91.3 Å². The van der Waals surface area contributed by atoms with E-state index in [1.165, 1.54) is 13.4 Å². The summed E-state index contributed by atoms with van der Waals surface area (Å²) in [6.07, 6.45) is 1.98. The molecule has 0 unspecified atom stereocenters. The van der Waals surface area contributed by atoms with Crippen LogP contribution in [-0.4, -0.2) is 36.2 Å². The summed E-state index contributed by atoms with van der Waals surface area (Å²) in [5.41, 5.74) is 4.95. The lowest BCUT2D eigenvalue weighted by atomic mass is 10.0. The standard InChI is InChI=1S/C27H25N3O3/c1-32-23-14-12-21(13-15-23)20-8-10-22(11-9-20)24-17-26(29-18-28-24)30-25(27(31)33-2)16-19-6-4-3-5-7-19/h3-15,17-18,25H,16H2,1-2H3,(H,28,29,30)/t25-/m0/s1. The van der Waals surface area contributed by atoms with Crippen LogP contribution in [0.4, 0.5) is 5.82 Å². The largest absolute Gasteiger partial charge is 0.497 e. The Balaban J connectivity index is 1.52. The van der Waals surface area contributed by atoms with Crippen LogP contribution >= 0.6 is 0 Å². The van der Waals surface area contributed by atoms with Crippen molar-refractivity contribution in [3.8, 4) is 28.1 Å². The summed E-state index contributed by atoms with van der Waals surface area (Å²) in [5, 5.41) is 3.20. The van der Waals surface area contributed by atoms with E-state index in [1.807, 2.05) is 72.8 Å². The van der Waals surface area contributed by atoms with E-state index in [9.17, 15) is 4.79 Å². The molecule has 0 saturated carbocycles. The van der Waals surface area contributed by atoms with Gasteiger partial charge in [0.1, 0.15) is 23.9 Å². The molecule has 1 heterocycles. The van der Waals surface area contributed by atoms with Crippen molar-refractivity contribution in [3.05, 3.63) is 96.8 Å². The first-order valence-corrected chi connectivity index (χ1v) is 10.6. The molecule has 166 valence electrons. The lowest BCUT2D eigenvalue weighted by molar-refractivity contribution is -0.141. The third-order valence-corrected chi connectivity index (χ3v) is 5.36. The summed E-state index contributed by atoms with van der Waals surface area (Å²) in [6.45, 7) is 0. The van der Waals surface area contributed by atoms with Gasteiger partial charge >= 0.3 is 5.97 Å². The highest BCUT2D eigenvalue weighted by Gasteiger charge is 2.20. The first kappa shape index (κ1) is 22.0. The van der Waals surface area contributed by atoms with Crippen molar-refractivity contribution in [2.75, 3.05) is 19.5 Å². The van der Waals surface area contributed by atoms with E-state index in [0.29, 0.717) is 12.2 Å². The van der Waals surface area contributed by atoms with Crippen LogP contribution in [-0.2, 0) is 16.0 Å². The molecular weight excluding hydrogens is 414 g/mol. The molecule has 1 atom stereocenters. The number of ether oxygens (including phenoxy) is 2. The quantitative estimate of drug-likeness (QED) is 0.389. The number of esters is 1. The predicted molar refractivity (Wildman–Crippen MR) is 129 cm³/mol. The zero-order valence-electron chi connectivity index (χ0n) is 18.6. The number of hydrogen-bond acceptors (Lipinski definition) is 6. The zero-order valence-corrected chi connectivity index (χ0v) is 18.6. The Morgan fingerprint density at radius 2 is 1.48 bits per heavy atom. The van der Waals surface area contributed by atoms with Crippen LogP contribution in [0.3, 0.4) is 0 Å². The van der Waals surface area contributed by atoms with Crippen LogP contribution in [0.25, 0.3) is 22.4 Å². The Hall–Kier alpha value is -4.19. The Kier molecular flexibility index (Phi) is 6.95. The maximum Gasteiger partial charge on any atom is 0.328 e. The van der Waals surface area contributed by atoms with Crippen LogP contribution in [0.5, 0.6) is 5.75 Å². The Bertz CT molecular complexity index is 1190. The molecule has 0 saturated heterocycles. The molecule has 1 N–H and O–H groups in total. The number of hydrogen-bond donors (Lipinski definition) is 1. The molecule has 0 bridgehead atoms. The Morgan fingerprint density at radius 3 is 2.12 bits per heavy atom. The molecule has 0 aliphatic carbocycles. The molecule has 0 spiro atoms. The van der Waals surface area contributed by atoms with Gasteiger partial charge in [-0.25, -0.2) is 14.8 Å². The highest BCUT2D eigenvalue weighted by Crippen LogP contribution is 2.26. The van der Waals surface area contributed by atoms with E-state index in [1.54, 1.807) is 7.11 Å². The number of anilines is 1. The summed E-state index contributed by atoms with van der Waals surface area (Å²) in [5.74, 6) is 1.04. The van der Waals surface area contributed by atoms with Gasteiger partial charge < -0.3 is 14.8 Å². The monoisotopic (exact) mass is 439 g/mol. The van der Waals surface area contributed by atoms with Crippen LogP contribution in [0.2, 0.25) is 0 Å². The third-order valence-electron chi connectivity index (χ3n) is 5.36. The fourth-order valence-electron chi connectivity index (χ4n) is 3.57. The molecule has 0 radical (unpaired) electrons. The molecule has 6 nitrogen and oxygen atoms in total. The molecule has 6 heteroatoms. The van der Waals surface area contributed by atoms with Crippen molar-refractivity contribution in [2.45, 2.75) is 12.5 Å². The Labute approximate surface area is 193 Å². The van der Waals surface area contributed by atoms with Crippen molar-refractivity contribution in [2.24, 2.45) is 0 Å². The SMILES string of the molecule is COC(=O)[C@H](Cc1ccccc1)Nc1cc(-c2ccc(-c3ccc(OC)cc3)cc2)ncn1. The minimum absolute atomic E-state index is 0.345. The lowest BCUT2D eigenvalue weighted by Crippen LogP contribution is -2.33. The molecule has 0 fully saturated rings. The molecule has 4 aromatic rings. The van der Waals surface area contributed by atoms with E-state index >= 15 is 0 Å². The van der Waals surface area contributed by atoms with Crippen molar-refractivity contribution < 1.29 is 14.3 Å². The number of nitrogens with zero attached hydrogens (tertiary/aromatic N) is 2. The summed E-state index contributed by atoms with van der Waals surface area (Å²) in [6, 6.07) is 27.2. The second kappa shape index (κ2) is 10.4. The van der Waals surface area contributed by atoms with Crippen LogP contribution < -0.4 is 10.1 Å². The van der Waals surface area contributed by atoms with E-state index in [0.717, 1.165) is 33.7 Å². The number of rotatable bonds is 8. The van der Waals surface area contributed by atoms with Gasteiger partial charge in [0.25, 0.3) is 0 Å². The molecule has 4 rings (SSSR count). The normalized spacial score (nSPS) is 11.5. The minimum Gasteiger partial charge on any atom is -0.497 e. The molecule has 1 aromatic heterocycles. The molecule has 33 heavy (non-hydrogen) atoms. The average Bonchev–Trinajstić information content (AvgIpc) is 2.89. The van der Waals surface area contributed by atoms with Crippen molar-refractivity contribution >= 4 is 11.8 Å². The van der Waals surface area contributed by atoms with Gasteiger partial charge in [0, 0.05) is 18.1 Å². The fourth-order valence-corrected chi connectivity index (χ4v) is 3.57. The number of benzene rings is 3. The second-order valence-corrected chi connectivity index (χ2v) is 7.50. The Morgan fingerprint density at radius 1 is 0.848 bits per heavy atom. The van der Waals surface area contributed by atoms with Gasteiger partial charge in [0.15, 0.2) is 0 Å². The van der Waals surface area contributed by atoms with Crippen LogP contribution in [0, 0.1) is 0 Å². The highest BCUT2D eigenvalue weighted by molar-refractivity contribution is 5.79. The summed E-state index contributed by atoms with van der Waals surface area (Å²) in [7, 11) is 3.04. The van der Waals surface area contributed by atoms with Crippen molar-refractivity contribution in [1.82, 2.24) is 9.97 Å². The lowest BCUT2D eigenvalue weighted by Gasteiger charge is -2.17. The van der Waals surface area contributed by atoms with E-state index in [-0.39, 0.29) is 5.97 Å². The molecule has 0 amide bonds. The highest BCUT2D eigenvalue weighted by atomic mass is 16.5. The number of aromatic nitrogens is 2. The minimum atomic E-state index is -0.558.